The molecule has 28 heavy (non-hydrogen) atoms. The minimum Gasteiger partial charge on any atom is -0.312 e. The van der Waals surface area contributed by atoms with Crippen molar-refractivity contribution in [2.75, 3.05) is 19.6 Å². The van der Waals surface area contributed by atoms with E-state index in [0.29, 0.717) is 25.0 Å². The highest BCUT2D eigenvalue weighted by Gasteiger charge is 2.17. The predicted molar refractivity (Wildman–Crippen MR) is 121 cm³/mol. The van der Waals surface area contributed by atoms with Crippen molar-refractivity contribution in [3.05, 3.63) is 75.4 Å². The quantitative estimate of drug-likeness (QED) is 0.430. The van der Waals surface area contributed by atoms with Gasteiger partial charge in [0.15, 0.2) is 0 Å². The number of nitrogens with zero attached hydrogens (tertiary/aromatic N) is 1. The van der Waals surface area contributed by atoms with Gasteiger partial charge in [-0.1, -0.05) is 56.1 Å². The van der Waals surface area contributed by atoms with Crippen molar-refractivity contribution in [1.82, 2.24) is 15.0 Å². The second-order valence-electron chi connectivity index (χ2n) is 6.02. The van der Waals surface area contributed by atoms with Gasteiger partial charge in [0.1, 0.15) is 0 Å². The number of pyridine rings is 1. The molecule has 0 unspecified atom stereocenters. The van der Waals surface area contributed by atoms with Crippen LogP contribution in [0.25, 0.3) is 16.8 Å². The van der Waals surface area contributed by atoms with Gasteiger partial charge in [-0.3, -0.25) is 4.98 Å². The van der Waals surface area contributed by atoms with E-state index in [0.717, 1.165) is 19.9 Å². The van der Waals surface area contributed by atoms with E-state index in [1.54, 1.807) is 30.6 Å². The Morgan fingerprint density at radius 2 is 1.75 bits per heavy atom. The fourth-order valence-corrected chi connectivity index (χ4v) is 4.62. The third-order valence-corrected chi connectivity index (χ3v) is 6.79. The molecule has 3 aromatic rings. The Hall–Kier alpha value is -1.58. The lowest BCUT2D eigenvalue weighted by atomic mass is 10.2. The third kappa shape index (κ3) is 5.48. The minimum atomic E-state index is -3.60. The van der Waals surface area contributed by atoms with Gasteiger partial charge < -0.3 is 5.32 Å². The number of halogens is 2. The van der Waals surface area contributed by atoms with Gasteiger partial charge in [0.2, 0.25) is 10.0 Å². The molecule has 0 aliphatic rings. The summed E-state index contributed by atoms with van der Waals surface area (Å²) in [4.78, 5) is 4.32. The Bertz CT molecular complexity index is 1080. The first-order valence-electron chi connectivity index (χ1n) is 8.62. The number of fused-ring (bicyclic) bond motifs is 1. The number of nitrogens with one attached hydrogen (secondary N) is 2. The molecule has 0 amide bonds. The molecule has 0 aliphatic heterocycles. The van der Waals surface area contributed by atoms with E-state index in [-0.39, 0.29) is 4.90 Å². The Labute approximate surface area is 181 Å². The summed E-state index contributed by atoms with van der Waals surface area (Å²) in [6, 6.07) is 13.1. The second-order valence-corrected chi connectivity index (χ2v) is 9.53. The summed E-state index contributed by atoms with van der Waals surface area (Å²) in [6.07, 6.45) is 7.27. The molecule has 5 nitrogen and oxygen atoms in total. The van der Waals surface area contributed by atoms with Crippen molar-refractivity contribution in [3.63, 3.8) is 0 Å². The molecule has 2 aromatic carbocycles. The Morgan fingerprint density at radius 3 is 2.54 bits per heavy atom. The fraction of sp³-hybridized carbons (Fsp3) is 0.150. The van der Waals surface area contributed by atoms with Gasteiger partial charge in [-0.25, -0.2) is 13.1 Å². The zero-order valence-electron chi connectivity index (χ0n) is 14.9. The van der Waals surface area contributed by atoms with E-state index in [4.69, 9.17) is 0 Å². The van der Waals surface area contributed by atoms with Crippen LogP contribution in [0.2, 0.25) is 0 Å². The van der Waals surface area contributed by atoms with Crippen LogP contribution in [0.5, 0.6) is 0 Å². The van der Waals surface area contributed by atoms with Crippen molar-refractivity contribution in [3.8, 4) is 0 Å². The summed E-state index contributed by atoms with van der Waals surface area (Å²) in [6.45, 7) is 1.49. The van der Waals surface area contributed by atoms with Crippen LogP contribution in [-0.2, 0) is 10.0 Å². The molecule has 0 atom stereocenters. The van der Waals surface area contributed by atoms with Crippen LogP contribution >= 0.6 is 31.9 Å². The first-order valence-corrected chi connectivity index (χ1v) is 11.7. The fourth-order valence-electron chi connectivity index (χ4n) is 2.67. The molecule has 0 bridgehead atoms. The van der Waals surface area contributed by atoms with E-state index >= 15 is 0 Å². The monoisotopic (exact) mass is 523 g/mol. The lowest BCUT2D eigenvalue weighted by molar-refractivity contribution is 0.579. The highest BCUT2D eigenvalue weighted by molar-refractivity contribution is 9.11. The predicted octanol–water partition coefficient (Wildman–Crippen LogP) is 4.34. The number of sulfonamides is 1. The summed E-state index contributed by atoms with van der Waals surface area (Å²) in [7, 11) is -3.60. The zero-order valence-corrected chi connectivity index (χ0v) is 18.9. The van der Waals surface area contributed by atoms with Crippen LogP contribution < -0.4 is 10.0 Å². The van der Waals surface area contributed by atoms with Crippen molar-refractivity contribution >= 4 is 58.7 Å². The number of benzene rings is 2. The zero-order chi connectivity index (χ0) is 20.0. The van der Waals surface area contributed by atoms with Crippen LogP contribution in [0.1, 0.15) is 5.56 Å². The molecule has 1 aromatic heterocycles. The number of hydrogen-bond acceptors (Lipinski definition) is 4. The Kier molecular flexibility index (Phi) is 7.36. The van der Waals surface area contributed by atoms with E-state index in [9.17, 15) is 8.42 Å². The summed E-state index contributed by atoms with van der Waals surface area (Å²) in [5.74, 6) is 0. The smallest absolute Gasteiger partial charge is 0.241 e. The molecule has 3 rings (SSSR count). The molecule has 1 heterocycles. The number of aromatic nitrogens is 1. The number of rotatable bonds is 8. The standard InChI is InChI=1S/C20H19Br2N3O2S/c21-16-5-3-15(4-6-16)2-1-10-23-12-13-25-28(26,27)20-8-7-19(22)18-14-24-11-9-17(18)20/h1-9,11,14,23,25H,10,12-13H2. The lowest BCUT2D eigenvalue weighted by Gasteiger charge is -2.10. The average Bonchev–Trinajstić information content (AvgIpc) is 2.69. The maximum atomic E-state index is 12.7. The molecule has 146 valence electrons. The van der Waals surface area contributed by atoms with E-state index in [1.807, 2.05) is 36.4 Å². The molecule has 0 fully saturated rings. The maximum Gasteiger partial charge on any atom is 0.241 e. The van der Waals surface area contributed by atoms with Crippen LogP contribution in [0, 0.1) is 0 Å². The van der Waals surface area contributed by atoms with E-state index in [1.165, 1.54) is 0 Å². The van der Waals surface area contributed by atoms with Crippen LogP contribution in [0.4, 0.5) is 0 Å². The van der Waals surface area contributed by atoms with Gasteiger partial charge in [-0.15, -0.1) is 0 Å². The lowest BCUT2D eigenvalue weighted by Crippen LogP contribution is -2.32. The highest BCUT2D eigenvalue weighted by atomic mass is 79.9. The van der Waals surface area contributed by atoms with Crippen LogP contribution in [0.15, 0.2) is 74.8 Å². The van der Waals surface area contributed by atoms with Crippen molar-refractivity contribution in [2.24, 2.45) is 0 Å². The second kappa shape index (κ2) is 9.76. The summed E-state index contributed by atoms with van der Waals surface area (Å²) >= 11 is 6.84. The topological polar surface area (TPSA) is 71.1 Å². The van der Waals surface area contributed by atoms with E-state index < -0.39 is 10.0 Å². The highest BCUT2D eigenvalue weighted by Crippen LogP contribution is 2.28. The molecule has 0 radical (unpaired) electrons. The summed E-state index contributed by atoms with van der Waals surface area (Å²) < 4.78 is 29.8. The average molecular weight is 525 g/mol. The van der Waals surface area contributed by atoms with Crippen molar-refractivity contribution < 1.29 is 8.42 Å². The molecule has 0 spiro atoms. The molecule has 8 heteroatoms. The summed E-state index contributed by atoms with van der Waals surface area (Å²) in [5, 5.41) is 4.60. The minimum absolute atomic E-state index is 0.253. The normalized spacial score (nSPS) is 12.1. The third-order valence-electron chi connectivity index (χ3n) is 4.05. The van der Waals surface area contributed by atoms with Gasteiger partial charge in [-0.2, -0.15) is 0 Å². The molecular weight excluding hydrogens is 506 g/mol. The Morgan fingerprint density at radius 1 is 0.964 bits per heavy atom. The first kappa shape index (κ1) is 21.1. The SMILES string of the molecule is O=S(=O)(NCCNCC=Cc1ccc(Br)cc1)c1ccc(Br)c2cnccc12. The molecule has 2 N–H and O–H groups in total. The molecule has 0 aliphatic carbocycles. The largest absolute Gasteiger partial charge is 0.312 e. The van der Waals surface area contributed by atoms with E-state index in [2.05, 4.69) is 46.9 Å². The van der Waals surface area contributed by atoms with Gasteiger partial charge in [0.05, 0.1) is 4.90 Å². The molecule has 0 saturated carbocycles. The number of hydrogen-bond donors (Lipinski definition) is 2. The first-order chi connectivity index (χ1) is 13.5. The Balaban J connectivity index is 1.52. The van der Waals surface area contributed by atoms with Crippen molar-refractivity contribution in [1.29, 1.82) is 0 Å². The van der Waals surface area contributed by atoms with Crippen LogP contribution in [-0.4, -0.2) is 33.0 Å². The summed E-state index contributed by atoms with van der Waals surface area (Å²) in [5.41, 5.74) is 1.11. The van der Waals surface area contributed by atoms with Gasteiger partial charge >= 0.3 is 0 Å². The maximum absolute atomic E-state index is 12.7. The van der Waals surface area contributed by atoms with Gasteiger partial charge in [-0.05, 0) is 35.9 Å². The van der Waals surface area contributed by atoms with Gasteiger partial charge in [0.25, 0.3) is 0 Å². The molecular formula is C20H19Br2N3O2S. The van der Waals surface area contributed by atoms with Gasteiger partial charge in [0, 0.05) is 51.7 Å². The van der Waals surface area contributed by atoms with Crippen molar-refractivity contribution in [2.45, 2.75) is 4.90 Å². The van der Waals surface area contributed by atoms with Crippen LogP contribution in [0.3, 0.4) is 0 Å². The molecule has 0 saturated heterocycles.